The van der Waals surface area contributed by atoms with Gasteiger partial charge in [-0.2, -0.15) is 0 Å². The summed E-state index contributed by atoms with van der Waals surface area (Å²) in [6, 6.07) is 0. The number of hydrogen-bond acceptors (Lipinski definition) is 3. The molecule has 52 valence electrons. The molecule has 0 aliphatic carbocycles. The van der Waals surface area contributed by atoms with Gasteiger partial charge in [0, 0.05) is 5.70 Å². The van der Waals surface area contributed by atoms with Crippen molar-refractivity contribution in [2.45, 2.75) is 6.92 Å². The standard InChI is InChI=1S/C5H11NO2P/c1-5(6)2-3-9(8)4-7/h2,7H,3-4,6H2,1H3/q+1. The van der Waals surface area contributed by atoms with Crippen molar-refractivity contribution in [2.75, 3.05) is 12.5 Å². The second kappa shape index (κ2) is 4.48. The van der Waals surface area contributed by atoms with E-state index in [1.54, 1.807) is 13.0 Å². The second-order valence-electron chi connectivity index (χ2n) is 1.75. The molecule has 1 unspecified atom stereocenters. The van der Waals surface area contributed by atoms with Gasteiger partial charge in [0.15, 0.2) is 6.16 Å². The van der Waals surface area contributed by atoms with Gasteiger partial charge in [-0.3, -0.25) is 0 Å². The van der Waals surface area contributed by atoms with Crippen molar-refractivity contribution in [3.8, 4) is 0 Å². The van der Waals surface area contributed by atoms with Gasteiger partial charge in [-0.1, -0.05) is 4.57 Å². The Kier molecular flexibility index (Phi) is 4.28. The van der Waals surface area contributed by atoms with Gasteiger partial charge >= 0.3 is 7.80 Å². The van der Waals surface area contributed by atoms with Gasteiger partial charge in [0.1, 0.15) is 0 Å². The van der Waals surface area contributed by atoms with Crippen LogP contribution in [-0.4, -0.2) is 17.6 Å². The molecule has 0 aromatic heterocycles. The molecule has 0 aliphatic heterocycles. The Hall–Kier alpha value is -0.400. The van der Waals surface area contributed by atoms with Crippen LogP contribution in [0.2, 0.25) is 0 Å². The van der Waals surface area contributed by atoms with Crippen LogP contribution < -0.4 is 5.73 Å². The minimum absolute atomic E-state index is 0.251. The molecule has 4 heteroatoms. The number of hydrogen-bond donors (Lipinski definition) is 2. The summed E-state index contributed by atoms with van der Waals surface area (Å²) < 4.78 is 10.5. The van der Waals surface area contributed by atoms with Crippen LogP contribution in [0, 0.1) is 0 Å². The van der Waals surface area contributed by atoms with Crippen LogP contribution in [0.1, 0.15) is 6.92 Å². The minimum Gasteiger partial charge on any atom is -0.402 e. The SMILES string of the molecule is CC(N)=CC[P+](=O)CO. The number of aliphatic hydroxyl groups excluding tert-OH is 1. The molecular weight excluding hydrogens is 137 g/mol. The van der Waals surface area contributed by atoms with Crippen molar-refractivity contribution in [3.05, 3.63) is 11.8 Å². The third kappa shape index (κ3) is 5.47. The van der Waals surface area contributed by atoms with Crippen molar-refractivity contribution >= 4 is 7.80 Å². The van der Waals surface area contributed by atoms with Crippen LogP contribution in [0.15, 0.2) is 11.8 Å². The highest BCUT2D eigenvalue weighted by Gasteiger charge is 2.08. The van der Waals surface area contributed by atoms with Crippen LogP contribution in [-0.2, 0) is 4.57 Å². The van der Waals surface area contributed by atoms with E-state index in [1.807, 2.05) is 0 Å². The lowest BCUT2D eigenvalue weighted by molar-refractivity contribution is 0.363. The summed E-state index contributed by atoms with van der Waals surface area (Å²) in [5.41, 5.74) is 5.89. The zero-order valence-corrected chi connectivity index (χ0v) is 6.27. The summed E-state index contributed by atoms with van der Waals surface area (Å²) in [6.45, 7) is 1.72. The zero-order chi connectivity index (χ0) is 7.28. The molecule has 0 radical (unpaired) electrons. The topological polar surface area (TPSA) is 63.3 Å². The molecule has 0 amide bonds. The fourth-order valence-electron chi connectivity index (χ4n) is 0.304. The summed E-state index contributed by atoms with van der Waals surface area (Å²) >= 11 is 0. The van der Waals surface area contributed by atoms with Gasteiger partial charge in [0.25, 0.3) is 0 Å². The first-order chi connectivity index (χ1) is 4.16. The third-order valence-corrected chi connectivity index (χ3v) is 1.68. The molecule has 0 saturated heterocycles. The van der Waals surface area contributed by atoms with Crippen molar-refractivity contribution in [1.82, 2.24) is 0 Å². The molecule has 0 aliphatic rings. The van der Waals surface area contributed by atoms with Gasteiger partial charge in [-0.05, 0) is 13.0 Å². The van der Waals surface area contributed by atoms with Crippen LogP contribution >= 0.6 is 7.80 Å². The van der Waals surface area contributed by atoms with E-state index in [1.165, 1.54) is 0 Å². The van der Waals surface area contributed by atoms with Gasteiger partial charge in [-0.15, -0.1) is 0 Å². The zero-order valence-electron chi connectivity index (χ0n) is 5.37. The van der Waals surface area contributed by atoms with Crippen LogP contribution in [0.25, 0.3) is 0 Å². The third-order valence-electron chi connectivity index (χ3n) is 0.775. The van der Waals surface area contributed by atoms with Crippen molar-refractivity contribution in [1.29, 1.82) is 0 Å². The number of aliphatic hydroxyl groups is 1. The van der Waals surface area contributed by atoms with Crippen LogP contribution in [0.5, 0.6) is 0 Å². The maximum atomic E-state index is 10.5. The second-order valence-corrected chi connectivity index (χ2v) is 3.37. The van der Waals surface area contributed by atoms with Gasteiger partial charge in [0.2, 0.25) is 6.35 Å². The molecule has 0 saturated carbocycles. The number of allylic oxidation sites excluding steroid dienone is 2. The van der Waals surface area contributed by atoms with E-state index in [2.05, 4.69) is 0 Å². The Morgan fingerprint density at radius 1 is 1.89 bits per heavy atom. The fraction of sp³-hybridized carbons (Fsp3) is 0.600. The predicted octanol–water partition coefficient (Wildman–Crippen LogP) is 0.626. The molecule has 0 spiro atoms. The van der Waals surface area contributed by atoms with E-state index in [0.717, 1.165) is 0 Å². The van der Waals surface area contributed by atoms with E-state index in [0.29, 0.717) is 11.9 Å². The normalized spacial score (nSPS) is 13.6. The average molecular weight is 148 g/mol. The van der Waals surface area contributed by atoms with Gasteiger partial charge < -0.3 is 10.8 Å². The van der Waals surface area contributed by atoms with E-state index in [-0.39, 0.29) is 6.35 Å². The predicted molar refractivity (Wildman–Crippen MR) is 37.5 cm³/mol. The van der Waals surface area contributed by atoms with Gasteiger partial charge in [-0.25, -0.2) is 0 Å². The van der Waals surface area contributed by atoms with Crippen LogP contribution in [0.4, 0.5) is 0 Å². The highest BCUT2D eigenvalue weighted by atomic mass is 31.1. The largest absolute Gasteiger partial charge is 0.402 e. The lowest BCUT2D eigenvalue weighted by Gasteiger charge is -1.81. The first kappa shape index (κ1) is 8.60. The fourth-order valence-corrected chi connectivity index (χ4v) is 0.911. The van der Waals surface area contributed by atoms with E-state index in [9.17, 15) is 4.57 Å². The maximum absolute atomic E-state index is 10.5. The molecular formula is C5H11NO2P+. The Labute approximate surface area is 55.3 Å². The highest BCUT2D eigenvalue weighted by molar-refractivity contribution is 7.44. The Morgan fingerprint density at radius 2 is 2.44 bits per heavy atom. The molecule has 0 aromatic rings. The van der Waals surface area contributed by atoms with E-state index in [4.69, 9.17) is 10.8 Å². The lowest BCUT2D eigenvalue weighted by atomic mass is 10.5. The molecule has 3 N–H and O–H groups in total. The van der Waals surface area contributed by atoms with Crippen molar-refractivity contribution in [2.24, 2.45) is 5.73 Å². The first-order valence-corrected chi connectivity index (χ1v) is 4.25. The quantitative estimate of drug-likeness (QED) is 0.577. The van der Waals surface area contributed by atoms with Crippen LogP contribution in [0.3, 0.4) is 0 Å². The summed E-state index contributed by atoms with van der Waals surface area (Å²) in [5, 5.41) is 8.29. The average Bonchev–Trinajstić information content (AvgIpc) is 1.83. The summed E-state index contributed by atoms with van der Waals surface area (Å²) in [6.07, 6.45) is 1.78. The minimum atomic E-state index is -1.46. The maximum Gasteiger partial charge on any atom is 0.370 e. The van der Waals surface area contributed by atoms with Crippen molar-refractivity contribution < 1.29 is 9.67 Å². The summed E-state index contributed by atoms with van der Waals surface area (Å²) in [4.78, 5) is 0. The molecule has 3 nitrogen and oxygen atoms in total. The summed E-state index contributed by atoms with van der Waals surface area (Å²) in [7, 11) is -1.46. The molecule has 0 heterocycles. The number of rotatable bonds is 3. The van der Waals surface area contributed by atoms with E-state index < -0.39 is 7.80 Å². The molecule has 1 atom stereocenters. The summed E-state index contributed by atoms with van der Waals surface area (Å²) in [5.74, 6) is 0. The smallest absolute Gasteiger partial charge is 0.370 e. The number of nitrogens with two attached hydrogens (primary N) is 1. The van der Waals surface area contributed by atoms with Gasteiger partial charge in [0.05, 0.1) is 0 Å². The molecule has 0 bridgehead atoms. The lowest BCUT2D eigenvalue weighted by Crippen LogP contribution is -1.91. The Balaban J connectivity index is 3.50. The molecule has 0 aromatic carbocycles. The Bertz CT molecular complexity index is 129. The van der Waals surface area contributed by atoms with E-state index >= 15 is 0 Å². The molecule has 0 fully saturated rings. The Morgan fingerprint density at radius 3 is 2.78 bits per heavy atom. The first-order valence-electron chi connectivity index (χ1n) is 2.62. The van der Waals surface area contributed by atoms with Crippen molar-refractivity contribution in [3.63, 3.8) is 0 Å². The monoisotopic (exact) mass is 148 g/mol. The highest BCUT2D eigenvalue weighted by Crippen LogP contribution is 2.17. The molecule has 9 heavy (non-hydrogen) atoms. The molecule has 0 rings (SSSR count).